The fourth-order valence-corrected chi connectivity index (χ4v) is 4.65. The van der Waals surface area contributed by atoms with E-state index in [-0.39, 0.29) is 17.4 Å². The standard InChI is InChI=1S/C21H22N4O2S2/c1-14(26)17(12-15-6-3-2-4-7-15)22-19(27)13-29-21-24-23-20(18-8-5-11-28-18)25(21)16-9-10-16/h2-8,11,16-17H,9-10,12-13H2,1H3,(H,22,27)/t17-/m1/s1. The van der Waals surface area contributed by atoms with Gasteiger partial charge in [0.1, 0.15) is 0 Å². The van der Waals surface area contributed by atoms with Crippen molar-refractivity contribution in [1.82, 2.24) is 20.1 Å². The SMILES string of the molecule is CC(=O)[C@@H](Cc1ccccc1)NC(=O)CSc1nnc(-c2cccs2)n1C1CC1. The summed E-state index contributed by atoms with van der Waals surface area (Å²) in [5.74, 6) is 0.854. The number of amides is 1. The lowest BCUT2D eigenvalue weighted by Gasteiger charge is -2.16. The lowest BCUT2D eigenvalue weighted by atomic mass is 10.0. The van der Waals surface area contributed by atoms with Gasteiger partial charge in [0.15, 0.2) is 16.8 Å². The third-order valence-electron chi connectivity index (χ3n) is 4.76. The molecule has 2 aromatic heterocycles. The number of benzene rings is 1. The summed E-state index contributed by atoms with van der Waals surface area (Å²) in [7, 11) is 0. The molecule has 1 fully saturated rings. The molecule has 29 heavy (non-hydrogen) atoms. The van der Waals surface area contributed by atoms with Crippen LogP contribution in [0.1, 0.15) is 31.4 Å². The Labute approximate surface area is 177 Å². The van der Waals surface area contributed by atoms with E-state index in [1.807, 2.05) is 47.8 Å². The van der Waals surface area contributed by atoms with E-state index in [0.717, 1.165) is 34.3 Å². The van der Waals surface area contributed by atoms with Gasteiger partial charge in [0, 0.05) is 6.04 Å². The fraction of sp³-hybridized carbons (Fsp3) is 0.333. The maximum Gasteiger partial charge on any atom is 0.231 e. The van der Waals surface area contributed by atoms with Crippen LogP contribution in [0.15, 0.2) is 53.0 Å². The molecule has 0 unspecified atom stereocenters. The molecule has 0 spiro atoms. The summed E-state index contributed by atoms with van der Waals surface area (Å²) in [6, 6.07) is 13.6. The quantitative estimate of drug-likeness (QED) is 0.527. The molecule has 1 aliphatic carbocycles. The lowest BCUT2D eigenvalue weighted by Crippen LogP contribution is -2.42. The first-order chi connectivity index (χ1) is 14.1. The Bertz CT molecular complexity index is 982. The van der Waals surface area contributed by atoms with Crippen LogP contribution in [0.25, 0.3) is 10.7 Å². The van der Waals surface area contributed by atoms with Gasteiger partial charge >= 0.3 is 0 Å². The number of ketones is 1. The Morgan fingerprint density at radius 3 is 2.66 bits per heavy atom. The smallest absolute Gasteiger partial charge is 0.231 e. The van der Waals surface area contributed by atoms with Crippen LogP contribution in [0.4, 0.5) is 0 Å². The van der Waals surface area contributed by atoms with E-state index in [1.54, 1.807) is 11.3 Å². The highest BCUT2D eigenvalue weighted by atomic mass is 32.2. The Morgan fingerprint density at radius 2 is 2.00 bits per heavy atom. The van der Waals surface area contributed by atoms with Gasteiger partial charge in [0.05, 0.1) is 16.7 Å². The highest BCUT2D eigenvalue weighted by Gasteiger charge is 2.30. The molecule has 0 bridgehead atoms. The summed E-state index contributed by atoms with van der Waals surface area (Å²) in [5.41, 5.74) is 1.02. The molecule has 0 radical (unpaired) electrons. The Morgan fingerprint density at radius 1 is 1.21 bits per heavy atom. The predicted molar refractivity (Wildman–Crippen MR) is 115 cm³/mol. The summed E-state index contributed by atoms with van der Waals surface area (Å²) in [6.07, 6.45) is 2.71. The molecule has 6 nitrogen and oxygen atoms in total. The van der Waals surface area contributed by atoms with Gasteiger partial charge in [-0.2, -0.15) is 0 Å². The number of hydrogen-bond donors (Lipinski definition) is 1. The lowest BCUT2D eigenvalue weighted by molar-refractivity contribution is -0.125. The second kappa shape index (κ2) is 8.92. The van der Waals surface area contributed by atoms with Crippen LogP contribution < -0.4 is 5.32 Å². The second-order valence-electron chi connectivity index (χ2n) is 7.09. The number of nitrogens with zero attached hydrogens (tertiary/aromatic N) is 3. The number of carbonyl (C=O) groups is 2. The maximum atomic E-state index is 12.5. The number of rotatable bonds is 9. The topological polar surface area (TPSA) is 76.9 Å². The third-order valence-corrected chi connectivity index (χ3v) is 6.57. The first kappa shape index (κ1) is 19.8. The number of nitrogens with one attached hydrogen (secondary N) is 1. The number of carbonyl (C=O) groups excluding carboxylic acids is 2. The Kier molecular flexibility index (Phi) is 6.10. The van der Waals surface area contributed by atoms with E-state index in [4.69, 9.17) is 0 Å². The normalized spacial score (nSPS) is 14.5. The van der Waals surface area contributed by atoms with Crippen LogP contribution in [0.5, 0.6) is 0 Å². The van der Waals surface area contributed by atoms with Gasteiger partial charge in [-0.25, -0.2) is 0 Å². The van der Waals surface area contributed by atoms with Crippen molar-refractivity contribution >= 4 is 34.8 Å². The minimum absolute atomic E-state index is 0.0478. The Balaban J connectivity index is 1.40. The first-order valence-electron chi connectivity index (χ1n) is 9.57. The Hall–Kier alpha value is -2.45. The van der Waals surface area contributed by atoms with Crippen LogP contribution in [0.3, 0.4) is 0 Å². The minimum Gasteiger partial charge on any atom is -0.345 e. The zero-order chi connectivity index (χ0) is 20.2. The number of Topliss-reactive ketones (excluding diaryl/α,β-unsaturated/α-hetero) is 1. The van der Waals surface area contributed by atoms with Gasteiger partial charge in [-0.1, -0.05) is 48.2 Å². The highest BCUT2D eigenvalue weighted by molar-refractivity contribution is 7.99. The van der Waals surface area contributed by atoms with Crippen molar-refractivity contribution in [2.75, 3.05) is 5.75 Å². The molecular weight excluding hydrogens is 404 g/mol. The molecule has 8 heteroatoms. The number of hydrogen-bond acceptors (Lipinski definition) is 6. The molecular formula is C21H22N4O2S2. The molecule has 0 saturated heterocycles. The second-order valence-corrected chi connectivity index (χ2v) is 8.98. The average molecular weight is 427 g/mol. The van der Waals surface area contributed by atoms with Crippen molar-refractivity contribution in [1.29, 1.82) is 0 Å². The summed E-state index contributed by atoms with van der Waals surface area (Å²) in [5, 5.41) is 14.3. The molecule has 150 valence electrons. The van der Waals surface area contributed by atoms with Crippen LogP contribution in [0, 0.1) is 0 Å². The van der Waals surface area contributed by atoms with E-state index in [9.17, 15) is 9.59 Å². The van der Waals surface area contributed by atoms with E-state index in [0.29, 0.717) is 12.5 Å². The van der Waals surface area contributed by atoms with Crippen LogP contribution in [-0.4, -0.2) is 38.2 Å². The van der Waals surface area contributed by atoms with Crippen LogP contribution in [-0.2, 0) is 16.0 Å². The molecule has 0 aliphatic heterocycles. The molecule has 3 aromatic rings. The van der Waals surface area contributed by atoms with E-state index >= 15 is 0 Å². The summed E-state index contributed by atoms with van der Waals surface area (Å²) in [6.45, 7) is 1.51. The molecule has 1 atom stereocenters. The van der Waals surface area contributed by atoms with Gasteiger partial charge in [0.25, 0.3) is 0 Å². The van der Waals surface area contributed by atoms with E-state index < -0.39 is 6.04 Å². The van der Waals surface area contributed by atoms with Crippen molar-refractivity contribution in [3.05, 3.63) is 53.4 Å². The van der Waals surface area contributed by atoms with Crippen LogP contribution in [0.2, 0.25) is 0 Å². The summed E-state index contributed by atoms with van der Waals surface area (Å²) in [4.78, 5) is 25.6. The summed E-state index contributed by atoms with van der Waals surface area (Å²) < 4.78 is 2.15. The molecule has 1 saturated carbocycles. The van der Waals surface area contributed by atoms with E-state index in [1.165, 1.54) is 18.7 Å². The minimum atomic E-state index is -0.520. The number of thioether (sulfide) groups is 1. The zero-order valence-electron chi connectivity index (χ0n) is 16.1. The van der Waals surface area contributed by atoms with Gasteiger partial charge < -0.3 is 5.32 Å². The molecule has 1 aromatic carbocycles. The van der Waals surface area contributed by atoms with Gasteiger partial charge in [0.2, 0.25) is 5.91 Å². The predicted octanol–water partition coefficient (Wildman–Crippen LogP) is 3.75. The fourth-order valence-electron chi connectivity index (χ4n) is 3.12. The van der Waals surface area contributed by atoms with Crippen molar-refractivity contribution in [3.8, 4) is 10.7 Å². The third kappa shape index (κ3) is 4.94. The van der Waals surface area contributed by atoms with Gasteiger partial charge in [-0.15, -0.1) is 21.5 Å². The largest absolute Gasteiger partial charge is 0.345 e. The van der Waals surface area contributed by atoms with Gasteiger partial charge in [-0.3, -0.25) is 14.2 Å². The average Bonchev–Trinajstić information content (AvgIpc) is 3.24. The zero-order valence-corrected chi connectivity index (χ0v) is 17.7. The van der Waals surface area contributed by atoms with Crippen molar-refractivity contribution < 1.29 is 9.59 Å². The van der Waals surface area contributed by atoms with Gasteiger partial charge in [-0.05, 0) is 43.2 Å². The molecule has 1 aliphatic rings. The van der Waals surface area contributed by atoms with Crippen LogP contribution >= 0.6 is 23.1 Å². The number of thiophene rings is 1. The van der Waals surface area contributed by atoms with Crippen molar-refractivity contribution in [2.24, 2.45) is 0 Å². The monoisotopic (exact) mass is 426 g/mol. The highest BCUT2D eigenvalue weighted by Crippen LogP contribution is 2.41. The number of aromatic nitrogens is 3. The van der Waals surface area contributed by atoms with E-state index in [2.05, 4.69) is 20.1 Å². The van der Waals surface area contributed by atoms with Crippen molar-refractivity contribution in [3.63, 3.8) is 0 Å². The first-order valence-corrected chi connectivity index (χ1v) is 11.4. The maximum absolute atomic E-state index is 12.5. The molecule has 4 rings (SSSR count). The summed E-state index contributed by atoms with van der Waals surface area (Å²) >= 11 is 3.01. The molecule has 1 N–H and O–H groups in total. The van der Waals surface area contributed by atoms with Crippen molar-refractivity contribution in [2.45, 2.75) is 43.4 Å². The molecule has 2 heterocycles. The molecule has 1 amide bonds.